The number of carboxylic acid groups (broad SMARTS) is 2. The zero-order chi connectivity index (χ0) is 20.0. The van der Waals surface area contributed by atoms with Crippen molar-refractivity contribution in [1.29, 1.82) is 0 Å². The third kappa shape index (κ3) is 5.40. The molecule has 142 valence electrons. The normalized spacial score (nSPS) is 11.4. The number of rotatable bonds is 8. The van der Waals surface area contributed by atoms with Crippen LogP contribution in [0, 0.1) is 0 Å². The Morgan fingerprint density at radius 2 is 1.89 bits per heavy atom. The number of carboxylic acids is 2. The summed E-state index contributed by atoms with van der Waals surface area (Å²) in [6, 6.07) is 10.1. The van der Waals surface area contributed by atoms with E-state index in [2.05, 4.69) is 4.72 Å². The van der Waals surface area contributed by atoms with E-state index in [1.807, 2.05) is 0 Å². The van der Waals surface area contributed by atoms with Crippen LogP contribution in [0.5, 0.6) is 5.75 Å². The smallest absolute Gasteiger partial charge is 0.335 e. The third-order valence-electron chi connectivity index (χ3n) is 3.54. The first-order valence-corrected chi connectivity index (χ1v) is 9.12. The summed E-state index contributed by atoms with van der Waals surface area (Å²) in [6.07, 6.45) is 2.15. The van der Waals surface area contributed by atoms with E-state index < -0.39 is 22.0 Å². The van der Waals surface area contributed by atoms with Gasteiger partial charge in [-0.1, -0.05) is 18.2 Å². The summed E-state index contributed by atoms with van der Waals surface area (Å²) in [7, 11) is -2.68. The summed E-state index contributed by atoms with van der Waals surface area (Å²) in [6.45, 7) is -0.123. The maximum atomic E-state index is 12.6. The van der Waals surface area contributed by atoms with E-state index in [4.69, 9.17) is 14.9 Å². The van der Waals surface area contributed by atoms with Crippen LogP contribution in [-0.4, -0.2) is 37.7 Å². The van der Waals surface area contributed by atoms with E-state index >= 15 is 0 Å². The van der Waals surface area contributed by atoms with Gasteiger partial charge in [0.1, 0.15) is 10.6 Å². The van der Waals surface area contributed by atoms with Gasteiger partial charge < -0.3 is 14.9 Å². The van der Waals surface area contributed by atoms with Crippen molar-refractivity contribution in [3.8, 4) is 5.75 Å². The minimum absolute atomic E-state index is 0.0464. The maximum absolute atomic E-state index is 12.6. The van der Waals surface area contributed by atoms with Crippen LogP contribution in [0.2, 0.25) is 0 Å². The molecule has 0 amide bonds. The maximum Gasteiger partial charge on any atom is 0.335 e. The van der Waals surface area contributed by atoms with Crippen LogP contribution in [0.4, 0.5) is 0 Å². The summed E-state index contributed by atoms with van der Waals surface area (Å²) in [5.41, 5.74) is 0.885. The Balaban J connectivity index is 2.29. The molecule has 0 bridgehead atoms. The fraction of sp³-hybridized carbons (Fsp3) is 0.111. The van der Waals surface area contributed by atoms with Gasteiger partial charge in [0.2, 0.25) is 10.0 Å². The molecule has 0 aliphatic rings. The predicted octanol–water partition coefficient (Wildman–Crippen LogP) is 1.97. The van der Waals surface area contributed by atoms with Crippen molar-refractivity contribution < 1.29 is 33.0 Å². The molecule has 2 rings (SSSR count). The fourth-order valence-electron chi connectivity index (χ4n) is 2.24. The van der Waals surface area contributed by atoms with Crippen molar-refractivity contribution >= 4 is 28.0 Å². The van der Waals surface area contributed by atoms with Gasteiger partial charge in [-0.3, -0.25) is 0 Å². The lowest BCUT2D eigenvalue weighted by Crippen LogP contribution is -2.24. The van der Waals surface area contributed by atoms with Crippen LogP contribution >= 0.6 is 0 Å². The quantitative estimate of drug-likeness (QED) is 0.587. The molecule has 2 aromatic rings. The predicted molar refractivity (Wildman–Crippen MR) is 97.1 cm³/mol. The Labute approximate surface area is 155 Å². The number of benzene rings is 2. The van der Waals surface area contributed by atoms with Crippen LogP contribution < -0.4 is 9.46 Å². The van der Waals surface area contributed by atoms with E-state index in [1.54, 1.807) is 6.07 Å². The van der Waals surface area contributed by atoms with E-state index in [-0.39, 0.29) is 22.8 Å². The van der Waals surface area contributed by atoms with Gasteiger partial charge in [0.05, 0.1) is 12.7 Å². The second-order valence-electron chi connectivity index (χ2n) is 5.41. The molecule has 0 fully saturated rings. The van der Waals surface area contributed by atoms with Crippen LogP contribution in [0.1, 0.15) is 21.5 Å². The van der Waals surface area contributed by atoms with Crippen LogP contribution in [-0.2, 0) is 21.4 Å². The van der Waals surface area contributed by atoms with Crippen molar-refractivity contribution in [3.05, 3.63) is 65.2 Å². The summed E-state index contributed by atoms with van der Waals surface area (Å²) < 4.78 is 32.8. The number of hydrogen-bond acceptors (Lipinski definition) is 5. The van der Waals surface area contributed by atoms with Gasteiger partial charge in [-0.2, -0.15) is 0 Å². The van der Waals surface area contributed by atoms with Gasteiger partial charge in [-0.15, -0.1) is 0 Å². The highest BCUT2D eigenvalue weighted by Gasteiger charge is 2.20. The first kappa shape index (κ1) is 20.1. The molecule has 0 heterocycles. The van der Waals surface area contributed by atoms with Crippen molar-refractivity contribution in [2.24, 2.45) is 0 Å². The minimum Gasteiger partial charge on any atom is -0.495 e. The number of carbonyl (C=O) groups is 2. The van der Waals surface area contributed by atoms with E-state index in [0.29, 0.717) is 11.1 Å². The highest BCUT2D eigenvalue weighted by molar-refractivity contribution is 7.89. The van der Waals surface area contributed by atoms with E-state index in [9.17, 15) is 18.0 Å². The van der Waals surface area contributed by atoms with Crippen LogP contribution in [0.25, 0.3) is 6.08 Å². The molecule has 0 aromatic heterocycles. The summed E-state index contributed by atoms with van der Waals surface area (Å²) in [5.74, 6) is -2.18. The molecule has 9 heteroatoms. The summed E-state index contributed by atoms with van der Waals surface area (Å²) in [5, 5.41) is 17.7. The molecule has 0 unspecified atom stereocenters. The molecule has 0 aliphatic carbocycles. The van der Waals surface area contributed by atoms with Gasteiger partial charge in [0.15, 0.2) is 0 Å². The van der Waals surface area contributed by atoms with Crippen molar-refractivity contribution in [1.82, 2.24) is 4.72 Å². The molecule has 0 saturated carbocycles. The van der Waals surface area contributed by atoms with Crippen molar-refractivity contribution in [2.45, 2.75) is 11.4 Å². The van der Waals surface area contributed by atoms with Gasteiger partial charge in [-0.25, -0.2) is 22.7 Å². The highest BCUT2D eigenvalue weighted by atomic mass is 32.2. The number of ether oxygens (including phenoxy) is 1. The second-order valence-corrected chi connectivity index (χ2v) is 7.15. The lowest BCUT2D eigenvalue weighted by atomic mass is 10.1. The molecule has 0 atom stereocenters. The number of nitrogens with one attached hydrogen (secondary N) is 1. The molecular weight excluding hydrogens is 374 g/mol. The summed E-state index contributed by atoms with van der Waals surface area (Å²) in [4.78, 5) is 21.5. The van der Waals surface area contributed by atoms with Crippen LogP contribution in [0.3, 0.4) is 0 Å². The molecule has 0 radical (unpaired) electrons. The van der Waals surface area contributed by atoms with Crippen molar-refractivity contribution in [2.75, 3.05) is 7.11 Å². The Morgan fingerprint density at radius 3 is 2.52 bits per heavy atom. The zero-order valence-corrected chi connectivity index (χ0v) is 15.1. The lowest BCUT2D eigenvalue weighted by Gasteiger charge is -2.12. The Kier molecular flexibility index (Phi) is 6.32. The van der Waals surface area contributed by atoms with Crippen LogP contribution in [0.15, 0.2) is 53.4 Å². The minimum atomic E-state index is -4.00. The molecule has 0 aliphatic heterocycles. The molecule has 0 saturated heterocycles. The lowest BCUT2D eigenvalue weighted by molar-refractivity contribution is -0.131. The average Bonchev–Trinajstić information content (AvgIpc) is 2.64. The number of hydrogen-bond donors (Lipinski definition) is 3. The van der Waals surface area contributed by atoms with Gasteiger partial charge >= 0.3 is 11.9 Å². The SMILES string of the molecule is COc1ccc(/C=C/C(=O)O)cc1S(=O)(=O)NCc1cccc(C(=O)O)c1. The number of sulfonamides is 1. The van der Waals surface area contributed by atoms with Gasteiger partial charge in [-0.05, 0) is 41.5 Å². The molecule has 8 nitrogen and oxygen atoms in total. The topological polar surface area (TPSA) is 130 Å². The first-order valence-electron chi connectivity index (χ1n) is 7.64. The third-order valence-corrected chi connectivity index (χ3v) is 4.96. The molecule has 3 N–H and O–H groups in total. The number of methoxy groups -OCH3 is 1. The van der Waals surface area contributed by atoms with E-state index in [0.717, 1.165) is 6.08 Å². The van der Waals surface area contributed by atoms with Crippen molar-refractivity contribution in [3.63, 3.8) is 0 Å². The summed E-state index contributed by atoms with van der Waals surface area (Å²) >= 11 is 0. The largest absolute Gasteiger partial charge is 0.495 e. The molecule has 27 heavy (non-hydrogen) atoms. The average molecular weight is 391 g/mol. The van der Waals surface area contributed by atoms with Gasteiger partial charge in [0, 0.05) is 12.6 Å². The monoisotopic (exact) mass is 391 g/mol. The van der Waals surface area contributed by atoms with Gasteiger partial charge in [0.25, 0.3) is 0 Å². The highest BCUT2D eigenvalue weighted by Crippen LogP contribution is 2.25. The Bertz CT molecular complexity index is 997. The molecular formula is C18H17NO7S. The molecule has 2 aromatic carbocycles. The molecule has 0 spiro atoms. The number of aliphatic carboxylic acids is 1. The Morgan fingerprint density at radius 1 is 1.15 bits per heavy atom. The Hall–Kier alpha value is -3.17. The number of aromatic carboxylic acids is 1. The standard InChI is InChI=1S/C18H17NO7S/c1-26-15-7-5-12(6-8-17(20)21)10-16(15)27(24,25)19-11-13-3-2-4-14(9-13)18(22)23/h2-10,19H,11H2,1H3,(H,20,21)(H,22,23)/b8-6+. The first-order chi connectivity index (χ1) is 12.7. The fourth-order valence-corrected chi connectivity index (χ4v) is 3.46. The second kappa shape index (κ2) is 8.47. The van der Waals surface area contributed by atoms with E-state index in [1.165, 1.54) is 49.6 Å². The zero-order valence-electron chi connectivity index (χ0n) is 14.2.